The molecule has 2 aromatic carbocycles. The molecule has 0 saturated heterocycles. The molecule has 0 atom stereocenters. The minimum atomic E-state index is -0.431. The van der Waals surface area contributed by atoms with Crippen LogP contribution in [0.15, 0.2) is 59.2 Å². The second-order valence-corrected chi connectivity index (χ2v) is 5.98. The molecule has 0 aliphatic carbocycles. The van der Waals surface area contributed by atoms with Crippen molar-refractivity contribution in [3.8, 4) is 5.75 Å². The number of aliphatic imine (C=N–C) groups is 1. The summed E-state index contributed by atoms with van der Waals surface area (Å²) in [6.07, 6.45) is 3.86. The van der Waals surface area contributed by atoms with E-state index in [0.717, 1.165) is 35.3 Å². The average molecular weight is 335 g/mol. The number of benzene rings is 2. The minimum Gasteiger partial charge on any atom is -0.494 e. The Balaban J connectivity index is 1.75. The molecule has 4 nitrogen and oxygen atoms in total. The van der Waals surface area contributed by atoms with E-state index < -0.39 is 5.97 Å². The number of aryl methyl sites for hydroxylation is 1. The zero-order valence-electron chi connectivity index (χ0n) is 14.5. The highest BCUT2D eigenvalue weighted by molar-refractivity contribution is 6.12. The summed E-state index contributed by atoms with van der Waals surface area (Å²) in [5, 5.41) is 0. The molecule has 0 fully saturated rings. The average Bonchev–Trinajstić information content (AvgIpc) is 2.97. The van der Waals surface area contributed by atoms with Crippen molar-refractivity contribution >= 4 is 17.9 Å². The SMILES string of the molecule is CCCCOc1ccc(/C=C2\N=C(c3cccc(C)c3)OC2=O)cc1. The van der Waals surface area contributed by atoms with Crippen molar-refractivity contribution in [2.75, 3.05) is 6.61 Å². The summed E-state index contributed by atoms with van der Waals surface area (Å²) in [5.74, 6) is 0.743. The molecule has 0 unspecified atom stereocenters. The molecule has 128 valence electrons. The number of nitrogens with zero attached hydrogens (tertiary/aromatic N) is 1. The van der Waals surface area contributed by atoms with Crippen LogP contribution in [0.4, 0.5) is 0 Å². The second kappa shape index (κ2) is 7.79. The van der Waals surface area contributed by atoms with E-state index in [-0.39, 0.29) is 0 Å². The molecule has 0 radical (unpaired) electrons. The zero-order valence-corrected chi connectivity index (χ0v) is 14.5. The maximum absolute atomic E-state index is 12.1. The Morgan fingerprint density at radius 1 is 1.16 bits per heavy atom. The van der Waals surface area contributed by atoms with Gasteiger partial charge in [0.2, 0.25) is 5.90 Å². The highest BCUT2D eigenvalue weighted by Crippen LogP contribution is 2.21. The van der Waals surface area contributed by atoms with Crippen LogP contribution in [0.2, 0.25) is 0 Å². The highest BCUT2D eigenvalue weighted by atomic mass is 16.6. The summed E-state index contributed by atoms with van der Waals surface area (Å²) in [5.41, 5.74) is 3.07. The van der Waals surface area contributed by atoms with Gasteiger partial charge < -0.3 is 9.47 Å². The van der Waals surface area contributed by atoms with Crippen LogP contribution in [-0.2, 0) is 9.53 Å². The molecule has 1 heterocycles. The Morgan fingerprint density at radius 2 is 1.96 bits per heavy atom. The summed E-state index contributed by atoms with van der Waals surface area (Å²) >= 11 is 0. The molecule has 0 N–H and O–H groups in total. The van der Waals surface area contributed by atoms with Gasteiger partial charge in [0, 0.05) is 5.56 Å². The van der Waals surface area contributed by atoms with Gasteiger partial charge in [-0.1, -0.05) is 43.2 Å². The van der Waals surface area contributed by atoms with Crippen LogP contribution in [0.5, 0.6) is 5.75 Å². The molecule has 1 aliphatic rings. The van der Waals surface area contributed by atoms with E-state index in [4.69, 9.17) is 9.47 Å². The standard InChI is InChI=1S/C21H21NO3/c1-3-4-12-24-18-10-8-16(9-11-18)14-19-21(23)25-20(22-19)17-7-5-6-15(2)13-17/h5-11,13-14H,3-4,12H2,1-2H3/b19-14-. The lowest BCUT2D eigenvalue weighted by atomic mass is 10.1. The maximum atomic E-state index is 12.1. The van der Waals surface area contributed by atoms with Crippen LogP contribution in [0, 0.1) is 6.92 Å². The van der Waals surface area contributed by atoms with Crippen LogP contribution in [-0.4, -0.2) is 18.5 Å². The van der Waals surface area contributed by atoms with E-state index in [9.17, 15) is 4.79 Å². The number of esters is 1. The molecule has 3 rings (SSSR count). The molecular weight excluding hydrogens is 314 g/mol. The van der Waals surface area contributed by atoms with Gasteiger partial charge in [-0.3, -0.25) is 0 Å². The van der Waals surface area contributed by atoms with Gasteiger partial charge in [0.25, 0.3) is 0 Å². The Bertz CT molecular complexity index is 819. The Kier molecular flexibility index (Phi) is 5.29. The van der Waals surface area contributed by atoms with E-state index >= 15 is 0 Å². The van der Waals surface area contributed by atoms with Crippen molar-refractivity contribution in [1.82, 2.24) is 0 Å². The zero-order chi connectivity index (χ0) is 17.6. The number of rotatable bonds is 6. The summed E-state index contributed by atoms with van der Waals surface area (Å²) in [4.78, 5) is 16.4. The van der Waals surface area contributed by atoms with E-state index in [1.54, 1.807) is 6.08 Å². The molecule has 0 bridgehead atoms. The fraction of sp³-hybridized carbons (Fsp3) is 0.238. The third-order valence-corrected chi connectivity index (χ3v) is 3.84. The molecule has 2 aromatic rings. The first-order valence-corrected chi connectivity index (χ1v) is 8.48. The maximum Gasteiger partial charge on any atom is 0.363 e. The Hall–Kier alpha value is -2.88. The molecule has 0 saturated carbocycles. The Labute approximate surface area is 147 Å². The number of hydrogen-bond acceptors (Lipinski definition) is 4. The number of hydrogen-bond donors (Lipinski definition) is 0. The van der Waals surface area contributed by atoms with Crippen LogP contribution in [0.1, 0.15) is 36.5 Å². The van der Waals surface area contributed by atoms with Crippen molar-refractivity contribution in [2.24, 2.45) is 4.99 Å². The van der Waals surface area contributed by atoms with E-state index in [2.05, 4.69) is 11.9 Å². The smallest absolute Gasteiger partial charge is 0.363 e. The number of ether oxygens (including phenoxy) is 2. The first-order chi connectivity index (χ1) is 12.2. The van der Waals surface area contributed by atoms with E-state index in [0.29, 0.717) is 18.2 Å². The van der Waals surface area contributed by atoms with Crippen molar-refractivity contribution in [2.45, 2.75) is 26.7 Å². The fourth-order valence-corrected chi connectivity index (χ4v) is 2.46. The van der Waals surface area contributed by atoms with Crippen LogP contribution < -0.4 is 4.74 Å². The number of cyclic esters (lactones) is 1. The molecule has 1 aliphatic heterocycles. The quantitative estimate of drug-likeness (QED) is 0.443. The summed E-state index contributed by atoms with van der Waals surface area (Å²) in [6.45, 7) is 4.83. The normalized spacial score (nSPS) is 15.2. The van der Waals surface area contributed by atoms with Gasteiger partial charge in [0.1, 0.15) is 5.75 Å². The van der Waals surface area contributed by atoms with Gasteiger partial charge in [-0.15, -0.1) is 0 Å². The number of carbonyl (C=O) groups excluding carboxylic acids is 1. The lowest BCUT2D eigenvalue weighted by Crippen LogP contribution is -2.05. The van der Waals surface area contributed by atoms with Crippen molar-refractivity contribution in [1.29, 1.82) is 0 Å². The third-order valence-electron chi connectivity index (χ3n) is 3.84. The third kappa shape index (κ3) is 4.35. The van der Waals surface area contributed by atoms with Gasteiger partial charge >= 0.3 is 5.97 Å². The fourth-order valence-electron chi connectivity index (χ4n) is 2.46. The molecule has 0 spiro atoms. The molecular formula is C21H21NO3. The predicted molar refractivity (Wildman–Crippen MR) is 98.6 cm³/mol. The van der Waals surface area contributed by atoms with Gasteiger partial charge in [-0.2, -0.15) is 0 Å². The Morgan fingerprint density at radius 3 is 2.68 bits per heavy atom. The number of unbranched alkanes of at least 4 members (excludes halogenated alkanes) is 1. The lowest BCUT2D eigenvalue weighted by Gasteiger charge is -2.05. The second-order valence-electron chi connectivity index (χ2n) is 5.98. The van der Waals surface area contributed by atoms with Crippen molar-refractivity contribution in [3.63, 3.8) is 0 Å². The van der Waals surface area contributed by atoms with Gasteiger partial charge in [-0.25, -0.2) is 9.79 Å². The van der Waals surface area contributed by atoms with Crippen LogP contribution in [0.25, 0.3) is 6.08 Å². The van der Waals surface area contributed by atoms with Crippen LogP contribution in [0.3, 0.4) is 0 Å². The molecule has 0 aromatic heterocycles. The highest BCUT2D eigenvalue weighted by Gasteiger charge is 2.24. The van der Waals surface area contributed by atoms with Crippen molar-refractivity contribution < 1.29 is 14.3 Å². The summed E-state index contributed by atoms with van der Waals surface area (Å²) < 4.78 is 10.9. The molecule has 25 heavy (non-hydrogen) atoms. The minimum absolute atomic E-state index is 0.302. The molecule has 4 heteroatoms. The lowest BCUT2D eigenvalue weighted by molar-refractivity contribution is -0.129. The first kappa shape index (κ1) is 17.0. The van der Waals surface area contributed by atoms with E-state index in [1.807, 2.05) is 55.5 Å². The summed E-state index contributed by atoms with van der Waals surface area (Å²) in [6, 6.07) is 15.3. The predicted octanol–water partition coefficient (Wildman–Crippen LogP) is 4.52. The van der Waals surface area contributed by atoms with Gasteiger partial charge in [0.15, 0.2) is 5.70 Å². The number of carbonyl (C=O) groups is 1. The van der Waals surface area contributed by atoms with Crippen LogP contribution >= 0.6 is 0 Å². The van der Waals surface area contributed by atoms with Gasteiger partial charge in [0.05, 0.1) is 6.61 Å². The molecule has 0 amide bonds. The monoisotopic (exact) mass is 335 g/mol. The van der Waals surface area contributed by atoms with Crippen molar-refractivity contribution in [3.05, 3.63) is 70.9 Å². The van der Waals surface area contributed by atoms with Gasteiger partial charge in [-0.05, 0) is 49.2 Å². The topological polar surface area (TPSA) is 47.9 Å². The largest absolute Gasteiger partial charge is 0.494 e. The van der Waals surface area contributed by atoms with E-state index in [1.165, 1.54) is 0 Å². The first-order valence-electron chi connectivity index (χ1n) is 8.48. The summed E-state index contributed by atoms with van der Waals surface area (Å²) in [7, 11) is 0.